The van der Waals surface area contributed by atoms with E-state index in [4.69, 9.17) is 0 Å². The highest BCUT2D eigenvalue weighted by Crippen LogP contribution is 2.25. The van der Waals surface area contributed by atoms with Crippen molar-refractivity contribution in [1.82, 2.24) is 0 Å². The van der Waals surface area contributed by atoms with Crippen LogP contribution >= 0.6 is 0 Å². The quantitative estimate of drug-likeness (QED) is 0.632. The lowest BCUT2D eigenvalue weighted by atomic mass is 10.2. The molecule has 4 heteroatoms. The van der Waals surface area contributed by atoms with Crippen molar-refractivity contribution in [2.24, 2.45) is 10.2 Å². The zero-order valence-corrected chi connectivity index (χ0v) is 13.8. The van der Waals surface area contributed by atoms with Crippen LogP contribution in [-0.4, -0.2) is 14.1 Å². The van der Waals surface area contributed by atoms with Crippen molar-refractivity contribution >= 4 is 17.1 Å². The van der Waals surface area contributed by atoms with Crippen LogP contribution in [-0.2, 0) is 0 Å². The molecule has 0 spiro atoms. The van der Waals surface area contributed by atoms with Gasteiger partial charge < -0.3 is 10.2 Å². The van der Waals surface area contributed by atoms with Gasteiger partial charge in [0, 0.05) is 18.4 Å². The molecule has 0 unspecified atom stereocenters. The first-order chi connectivity index (χ1) is 11.2. The minimum atomic E-state index is 0.842. The number of anilines is 2. The molecule has 0 radical (unpaired) electrons. The lowest BCUT2D eigenvalue weighted by molar-refractivity contribution is -0.556. The fourth-order valence-corrected chi connectivity index (χ4v) is 2.02. The summed E-state index contributed by atoms with van der Waals surface area (Å²) in [6, 6.07) is 18.3. The van der Waals surface area contributed by atoms with Crippen molar-refractivity contribution < 1.29 is 5.32 Å². The van der Waals surface area contributed by atoms with Crippen molar-refractivity contribution in [1.29, 1.82) is 0 Å². The molecule has 0 aromatic heterocycles. The molecular weight excluding hydrogens is 284 g/mol. The first-order valence-electron chi connectivity index (χ1n) is 7.64. The Morgan fingerprint density at radius 2 is 1.65 bits per heavy atom. The van der Waals surface area contributed by atoms with Gasteiger partial charge in [-0.1, -0.05) is 18.2 Å². The van der Waals surface area contributed by atoms with Gasteiger partial charge in [-0.2, -0.15) is 10.2 Å². The largest absolute Gasteiger partial charge is 0.345 e. The first kappa shape index (κ1) is 16.6. The van der Waals surface area contributed by atoms with Crippen LogP contribution in [0, 0.1) is 0 Å². The van der Waals surface area contributed by atoms with Gasteiger partial charge >= 0.3 is 0 Å². The molecule has 2 aromatic carbocycles. The molecule has 4 nitrogen and oxygen atoms in total. The summed E-state index contributed by atoms with van der Waals surface area (Å²) in [5.74, 6) is 0. The van der Waals surface area contributed by atoms with Crippen LogP contribution in [0.1, 0.15) is 6.92 Å². The molecule has 0 aliphatic rings. The van der Waals surface area contributed by atoms with Crippen LogP contribution in [0.25, 0.3) is 0 Å². The maximum Gasteiger partial charge on any atom is 0.0924 e. The summed E-state index contributed by atoms with van der Waals surface area (Å²) in [5, 5.41) is 10.4. The van der Waals surface area contributed by atoms with E-state index in [1.165, 1.54) is 0 Å². The second kappa shape index (κ2) is 8.66. The number of quaternary nitrogens is 1. The van der Waals surface area contributed by atoms with E-state index in [0.717, 1.165) is 22.8 Å². The van der Waals surface area contributed by atoms with Crippen molar-refractivity contribution in [2.75, 3.05) is 19.0 Å². The van der Waals surface area contributed by atoms with E-state index in [-0.39, 0.29) is 0 Å². The van der Waals surface area contributed by atoms with Gasteiger partial charge in [0.1, 0.15) is 0 Å². The molecule has 0 amide bonds. The van der Waals surface area contributed by atoms with Crippen LogP contribution in [0.5, 0.6) is 0 Å². The van der Waals surface area contributed by atoms with Crippen LogP contribution < -0.4 is 10.2 Å². The Morgan fingerprint density at radius 3 is 2.30 bits per heavy atom. The van der Waals surface area contributed by atoms with Crippen molar-refractivity contribution in [3.05, 3.63) is 78.6 Å². The van der Waals surface area contributed by atoms with E-state index in [9.17, 15) is 0 Å². The molecular formula is C19H23N4+. The molecule has 0 bridgehead atoms. The molecule has 0 saturated carbocycles. The molecule has 2 rings (SSSR count). The number of benzene rings is 2. The number of hydrogen-bond acceptors (Lipinski definition) is 3. The number of rotatable bonds is 6. The second-order valence-corrected chi connectivity index (χ2v) is 5.14. The van der Waals surface area contributed by atoms with Gasteiger partial charge in [0.25, 0.3) is 0 Å². The summed E-state index contributed by atoms with van der Waals surface area (Å²) in [6.45, 7) is 1.93. The zero-order chi connectivity index (χ0) is 16.5. The van der Waals surface area contributed by atoms with Crippen LogP contribution in [0.2, 0.25) is 0 Å². The molecule has 23 heavy (non-hydrogen) atoms. The minimum Gasteiger partial charge on any atom is -0.345 e. The van der Waals surface area contributed by atoms with Gasteiger partial charge in [0.2, 0.25) is 0 Å². The molecule has 0 saturated heterocycles. The predicted molar refractivity (Wildman–Crippen MR) is 96.2 cm³/mol. The topological polar surface area (TPSA) is 44.6 Å². The molecule has 0 heterocycles. The van der Waals surface area contributed by atoms with E-state index < -0.39 is 0 Å². The molecule has 0 aliphatic heterocycles. The third kappa shape index (κ3) is 5.20. The van der Waals surface area contributed by atoms with Crippen LogP contribution in [0.3, 0.4) is 0 Å². The van der Waals surface area contributed by atoms with Gasteiger partial charge in [-0.15, -0.1) is 0 Å². The Kier molecular flexibility index (Phi) is 6.27. The van der Waals surface area contributed by atoms with Gasteiger partial charge in [-0.3, -0.25) is 0 Å². The Balaban J connectivity index is 2.05. The average molecular weight is 307 g/mol. The summed E-state index contributed by atoms with van der Waals surface area (Å²) >= 11 is 0. The van der Waals surface area contributed by atoms with E-state index in [0.29, 0.717) is 0 Å². The smallest absolute Gasteiger partial charge is 0.0924 e. The van der Waals surface area contributed by atoms with E-state index >= 15 is 0 Å². The Labute approximate surface area is 137 Å². The lowest BCUT2D eigenvalue weighted by Gasteiger charge is -2.19. The van der Waals surface area contributed by atoms with E-state index in [1.807, 2.05) is 80.1 Å². The van der Waals surface area contributed by atoms with Crippen LogP contribution in [0.4, 0.5) is 17.1 Å². The average Bonchev–Trinajstić information content (AvgIpc) is 2.61. The fraction of sp³-hybridized carbons (Fsp3) is 0.158. The van der Waals surface area contributed by atoms with Crippen molar-refractivity contribution in [3.63, 3.8) is 0 Å². The number of azo groups is 1. The number of hydrogen-bond donors (Lipinski definition) is 1. The predicted octanol–water partition coefficient (Wildman–Crippen LogP) is 4.15. The fourth-order valence-electron chi connectivity index (χ4n) is 2.02. The van der Waals surface area contributed by atoms with Gasteiger partial charge in [-0.05, 0) is 55.5 Å². The van der Waals surface area contributed by atoms with E-state index in [1.54, 1.807) is 0 Å². The Hall–Kier alpha value is -2.72. The highest BCUT2D eigenvalue weighted by molar-refractivity contribution is 5.63. The van der Waals surface area contributed by atoms with Crippen LogP contribution in [0.15, 0.2) is 88.9 Å². The lowest BCUT2D eigenvalue weighted by Crippen LogP contribution is -2.72. The highest BCUT2D eigenvalue weighted by Gasteiger charge is 2.02. The minimum absolute atomic E-state index is 0.842. The first-order valence-corrected chi connectivity index (χ1v) is 7.64. The van der Waals surface area contributed by atoms with Crippen molar-refractivity contribution in [3.8, 4) is 0 Å². The zero-order valence-electron chi connectivity index (χ0n) is 13.8. The molecule has 118 valence electrons. The summed E-state index contributed by atoms with van der Waals surface area (Å²) in [5.41, 5.74) is 3.98. The molecule has 0 aliphatic carbocycles. The number of nitrogens with two attached hydrogens (primary N) is 1. The molecule has 2 aromatic rings. The molecule has 2 N–H and O–H groups in total. The maximum atomic E-state index is 4.25. The summed E-state index contributed by atoms with van der Waals surface area (Å²) in [6.07, 6.45) is 5.85. The van der Waals surface area contributed by atoms with Gasteiger partial charge in [0.15, 0.2) is 0 Å². The number of para-hydroxylation sites is 1. The summed E-state index contributed by atoms with van der Waals surface area (Å²) < 4.78 is 0. The third-order valence-corrected chi connectivity index (χ3v) is 3.34. The monoisotopic (exact) mass is 307 g/mol. The third-order valence-electron chi connectivity index (χ3n) is 3.34. The highest BCUT2D eigenvalue weighted by atomic mass is 15.1. The van der Waals surface area contributed by atoms with E-state index in [2.05, 4.69) is 34.3 Å². The molecule has 0 fully saturated rings. The Bertz CT molecular complexity index is 685. The van der Waals surface area contributed by atoms with Gasteiger partial charge in [-0.25, -0.2) is 0 Å². The maximum absolute atomic E-state index is 4.25. The summed E-state index contributed by atoms with van der Waals surface area (Å²) in [7, 11) is 4.03. The SMILES string of the molecule is C[NH2+]/C=C\C=C(/C)N=Nc1ccc(N(C)c2ccccc2)cc1. The van der Waals surface area contributed by atoms with Crippen molar-refractivity contribution in [2.45, 2.75) is 6.92 Å². The standard InChI is InChI=1S/C19H22N4/c1-16(8-7-15-20-2)21-22-17-11-13-19(14-12-17)23(3)18-9-5-4-6-10-18/h4-15,20H,1-3H3/p+1/b15-7-,16-8+,22-21?. The number of nitrogens with zero attached hydrogens (tertiary/aromatic N) is 3. The van der Waals surface area contributed by atoms with Gasteiger partial charge in [0.05, 0.1) is 24.6 Å². The Morgan fingerprint density at radius 1 is 1.00 bits per heavy atom. The number of allylic oxidation sites excluding steroid dienone is 3. The molecule has 0 atom stereocenters. The second-order valence-electron chi connectivity index (χ2n) is 5.14. The summed E-state index contributed by atoms with van der Waals surface area (Å²) in [4.78, 5) is 2.14. The normalized spacial score (nSPS) is 12.2.